The minimum Gasteiger partial charge on any atom is -0.481 e. The molecule has 0 atom stereocenters. The molecule has 20 heavy (non-hydrogen) atoms. The van der Waals surface area contributed by atoms with E-state index in [1.165, 1.54) is 0 Å². The highest BCUT2D eigenvalue weighted by molar-refractivity contribution is 5.90. The quantitative estimate of drug-likeness (QED) is 0.773. The van der Waals surface area contributed by atoms with Crippen molar-refractivity contribution in [3.8, 4) is 0 Å². The maximum atomic E-state index is 11.8. The van der Waals surface area contributed by atoms with E-state index in [2.05, 4.69) is 24.5 Å². The third kappa shape index (κ3) is 3.29. The molecule has 5 nitrogen and oxygen atoms in total. The number of carbonyl (C=O) groups is 2. The van der Waals surface area contributed by atoms with Gasteiger partial charge in [-0.3, -0.25) is 4.79 Å². The van der Waals surface area contributed by atoms with E-state index < -0.39 is 11.4 Å². The van der Waals surface area contributed by atoms with E-state index in [4.69, 9.17) is 5.11 Å². The standard InChI is InChI=1S/C15H20N2O3/c1-10(2)11-4-3-5-12(8-11)17-14(20)16-9-15(6-7-15)13(18)19/h3-5,8,10H,6-7,9H2,1-2H3,(H,18,19)(H2,16,17,20). The Bertz CT molecular complexity index is 522. The van der Waals surface area contributed by atoms with Crippen LogP contribution in [0.1, 0.15) is 38.2 Å². The molecule has 1 aliphatic rings. The molecule has 1 fully saturated rings. The van der Waals surface area contributed by atoms with Crippen molar-refractivity contribution in [2.24, 2.45) is 5.41 Å². The van der Waals surface area contributed by atoms with Gasteiger partial charge in [0.15, 0.2) is 0 Å². The van der Waals surface area contributed by atoms with Gasteiger partial charge >= 0.3 is 12.0 Å². The van der Waals surface area contributed by atoms with E-state index in [1.54, 1.807) is 0 Å². The van der Waals surface area contributed by atoms with Crippen molar-refractivity contribution in [2.45, 2.75) is 32.6 Å². The Kier molecular flexibility index (Phi) is 3.97. The Hall–Kier alpha value is -2.04. The van der Waals surface area contributed by atoms with Crippen molar-refractivity contribution in [3.05, 3.63) is 29.8 Å². The zero-order chi connectivity index (χ0) is 14.8. The van der Waals surface area contributed by atoms with Gasteiger partial charge in [-0.05, 0) is 36.5 Å². The number of hydrogen-bond acceptors (Lipinski definition) is 2. The first-order valence-electron chi connectivity index (χ1n) is 6.81. The third-order valence-electron chi connectivity index (χ3n) is 3.71. The summed E-state index contributed by atoms with van der Waals surface area (Å²) in [4.78, 5) is 22.8. The Balaban J connectivity index is 1.89. The van der Waals surface area contributed by atoms with Crippen LogP contribution in [0.15, 0.2) is 24.3 Å². The van der Waals surface area contributed by atoms with Gasteiger partial charge in [-0.25, -0.2) is 4.79 Å². The van der Waals surface area contributed by atoms with Crippen LogP contribution in [0.25, 0.3) is 0 Å². The number of amides is 2. The van der Waals surface area contributed by atoms with E-state index in [0.717, 1.165) is 5.56 Å². The molecule has 0 unspecified atom stereocenters. The fourth-order valence-electron chi connectivity index (χ4n) is 2.02. The van der Waals surface area contributed by atoms with Crippen molar-refractivity contribution < 1.29 is 14.7 Å². The molecule has 1 aromatic carbocycles. The number of carboxylic acids is 1. The van der Waals surface area contributed by atoms with Crippen LogP contribution in [-0.4, -0.2) is 23.7 Å². The molecule has 0 aliphatic heterocycles. The van der Waals surface area contributed by atoms with Crippen molar-refractivity contribution in [2.75, 3.05) is 11.9 Å². The topological polar surface area (TPSA) is 78.4 Å². The minimum atomic E-state index is -0.834. The predicted octanol–water partition coefficient (Wildman–Crippen LogP) is 2.80. The minimum absolute atomic E-state index is 0.179. The summed E-state index contributed by atoms with van der Waals surface area (Å²) in [6.45, 7) is 4.35. The van der Waals surface area contributed by atoms with Crippen LogP contribution in [0.2, 0.25) is 0 Å². The van der Waals surface area contributed by atoms with Crippen LogP contribution in [0, 0.1) is 5.41 Å². The van der Waals surface area contributed by atoms with E-state index in [-0.39, 0.29) is 12.6 Å². The largest absolute Gasteiger partial charge is 0.481 e. The molecule has 0 heterocycles. The summed E-state index contributed by atoms with van der Waals surface area (Å²) in [5, 5.41) is 14.4. The Morgan fingerprint density at radius 1 is 1.35 bits per heavy atom. The highest BCUT2D eigenvalue weighted by Gasteiger charge is 2.50. The maximum Gasteiger partial charge on any atom is 0.319 e. The van der Waals surface area contributed by atoms with Gasteiger partial charge in [-0.2, -0.15) is 0 Å². The fraction of sp³-hybridized carbons (Fsp3) is 0.467. The number of urea groups is 1. The maximum absolute atomic E-state index is 11.8. The number of carboxylic acid groups (broad SMARTS) is 1. The molecule has 0 spiro atoms. The van der Waals surface area contributed by atoms with Crippen molar-refractivity contribution in [1.29, 1.82) is 0 Å². The second-order valence-corrected chi connectivity index (χ2v) is 5.67. The van der Waals surface area contributed by atoms with Crippen molar-refractivity contribution in [3.63, 3.8) is 0 Å². The fourth-order valence-corrected chi connectivity index (χ4v) is 2.02. The van der Waals surface area contributed by atoms with Crippen LogP contribution < -0.4 is 10.6 Å². The summed E-state index contributed by atoms with van der Waals surface area (Å²) in [5.41, 5.74) is 1.12. The normalized spacial score (nSPS) is 15.8. The Labute approximate surface area is 118 Å². The molecule has 5 heteroatoms. The smallest absolute Gasteiger partial charge is 0.319 e. The molecule has 0 aromatic heterocycles. The van der Waals surface area contributed by atoms with Gasteiger partial charge < -0.3 is 15.7 Å². The van der Waals surface area contributed by atoms with E-state index >= 15 is 0 Å². The Morgan fingerprint density at radius 2 is 2.05 bits per heavy atom. The average Bonchev–Trinajstić information content (AvgIpc) is 3.18. The molecule has 1 aromatic rings. The van der Waals surface area contributed by atoms with E-state index in [9.17, 15) is 9.59 Å². The lowest BCUT2D eigenvalue weighted by Crippen LogP contribution is -2.36. The monoisotopic (exact) mass is 276 g/mol. The zero-order valence-electron chi connectivity index (χ0n) is 11.8. The molecular formula is C15H20N2O3. The van der Waals surface area contributed by atoms with Gasteiger partial charge in [0.25, 0.3) is 0 Å². The second kappa shape index (κ2) is 5.53. The number of rotatable bonds is 5. The first-order valence-corrected chi connectivity index (χ1v) is 6.81. The summed E-state index contributed by atoms with van der Waals surface area (Å²) < 4.78 is 0. The second-order valence-electron chi connectivity index (χ2n) is 5.67. The molecule has 0 bridgehead atoms. The molecule has 0 saturated heterocycles. The number of nitrogens with one attached hydrogen (secondary N) is 2. The summed E-state index contributed by atoms with van der Waals surface area (Å²) in [6.07, 6.45) is 1.26. The van der Waals surface area contributed by atoms with Crippen LogP contribution in [0.4, 0.5) is 10.5 Å². The number of aliphatic carboxylic acids is 1. The van der Waals surface area contributed by atoms with Crippen LogP contribution in [0.3, 0.4) is 0 Å². The van der Waals surface area contributed by atoms with Crippen LogP contribution >= 0.6 is 0 Å². The highest BCUT2D eigenvalue weighted by Crippen LogP contribution is 2.45. The summed E-state index contributed by atoms with van der Waals surface area (Å²) in [7, 11) is 0. The third-order valence-corrected chi connectivity index (χ3v) is 3.71. The van der Waals surface area contributed by atoms with Gasteiger partial charge in [0.05, 0.1) is 5.41 Å². The molecule has 0 radical (unpaired) electrons. The number of benzene rings is 1. The average molecular weight is 276 g/mol. The highest BCUT2D eigenvalue weighted by atomic mass is 16.4. The first-order chi connectivity index (χ1) is 9.43. The molecular weight excluding hydrogens is 256 g/mol. The van der Waals surface area contributed by atoms with Gasteiger partial charge in [-0.15, -0.1) is 0 Å². The lowest BCUT2D eigenvalue weighted by Gasteiger charge is -2.13. The summed E-state index contributed by atoms with van der Waals surface area (Å²) in [5.74, 6) is -0.443. The van der Waals surface area contributed by atoms with E-state index in [0.29, 0.717) is 24.4 Å². The lowest BCUT2D eigenvalue weighted by atomic mass is 10.0. The van der Waals surface area contributed by atoms with Gasteiger partial charge in [0.2, 0.25) is 0 Å². The molecule has 2 amide bonds. The molecule has 1 aliphatic carbocycles. The van der Waals surface area contributed by atoms with E-state index in [1.807, 2.05) is 24.3 Å². The SMILES string of the molecule is CC(C)c1cccc(NC(=O)NCC2(C(=O)O)CC2)c1. The van der Waals surface area contributed by atoms with Gasteiger partial charge in [0, 0.05) is 12.2 Å². The number of anilines is 1. The summed E-state index contributed by atoms with van der Waals surface area (Å²) >= 11 is 0. The van der Waals surface area contributed by atoms with Crippen LogP contribution in [-0.2, 0) is 4.79 Å². The Morgan fingerprint density at radius 3 is 2.60 bits per heavy atom. The van der Waals surface area contributed by atoms with Crippen molar-refractivity contribution in [1.82, 2.24) is 5.32 Å². The number of hydrogen-bond donors (Lipinski definition) is 3. The first kappa shape index (κ1) is 14.4. The van der Waals surface area contributed by atoms with Gasteiger partial charge in [-0.1, -0.05) is 26.0 Å². The van der Waals surface area contributed by atoms with Gasteiger partial charge in [0.1, 0.15) is 0 Å². The predicted molar refractivity (Wildman–Crippen MR) is 76.9 cm³/mol. The zero-order valence-corrected chi connectivity index (χ0v) is 11.8. The molecule has 3 N–H and O–H groups in total. The summed E-state index contributed by atoms with van der Waals surface area (Å²) in [6, 6.07) is 7.28. The lowest BCUT2D eigenvalue weighted by molar-refractivity contribution is -0.143. The molecule has 108 valence electrons. The van der Waals surface area contributed by atoms with Crippen LogP contribution in [0.5, 0.6) is 0 Å². The number of carbonyl (C=O) groups excluding carboxylic acids is 1. The molecule has 1 saturated carbocycles. The van der Waals surface area contributed by atoms with Crippen molar-refractivity contribution >= 4 is 17.7 Å². The molecule has 2 rings (SSSR count).